The van der Waals surface area contributed by atoms with E-state index in [0.717, 1.165) is 11.3 Å². The highest BCUT2D eigenvalue weighted by atomic mass is 16.1. The van der Waals surface area contributed by atoms with Gasteiger partial charge in [-0.3, -0.25) is 4.79 Å². The van der Waals surface area contributed by atoms with Crippen molar-refractivity contribution >= 4 is 0 Å². The summed E-state index contributed by atoms with van der Waals surface area (Å²) in [7, 11) is 0. The Bertz CT molecular complexity index is 844. The van der Waals surface area contributed by atoms with Crippen molar-refractivity contribution in [1.82, 2.24) is 25.2 Å². The lowest BCUT2D eigenvalue weighted by Crippen LogP contribution is -2.10. The molecule has 0 atom stereocenters. The van der Waals surface area contributed by atoms with Crippen LogP contribution >= 0.6 is 0 Å². The van der Waals surface area contributed by atoms with Crippen LogP contribution in [-0.2, 0) is 0 Å². The van der Waals surface area contributed by atoms with Crippen LogP contribution in [0.2, 0.25) is 0 Å². The van der Waals surface area contributed by atoms with Crippen molar-refractivity contribution < 1.29 is 0 Å². The van der Waals surface area contributed by atoms with E-state index in [4.69, 9.17) is 5.26 Å². The summed E-state index contributed by atoms with van der Waals surface area (Å²) in [5.74, 6) is 0. The van der Waals surface area contributed by atoms with Crippen LogP contribution in [0.3, 0.4) is 0 Å². The van der Waals surface area contributed by atoms with Crippen molar-refractivity contribution in [3.05, 3.63) is 58.6 Å². The average Bonchev–Trinajstić information content (AvgIpc) is 3.01. The fraction of sp³-hybridized carbons (Fsp3) is 0. The zero-order valence-corrected chi connectivity index (χ0v) is 10.2. The number of aromatic amines is 1. The van der Waals surface area contributed by atoms with Crippen molar-refractivity contribution in [2.45, 2.75) is 0 Å². The van der Waals surface area contributed by atoms with Crippen LogP contribution in [0.4, 0.5) is 0 Å². The molecule has 2 aromatic heterocycles. The van der Waals surface area contributed by atoms with Crippen LogP contribution in [0.1, 0.15) is 5.56 Å². The Morgan fingerprint density at radius 3 is 2.85 bits per heavy atom. The highest BCUT2D eigenvalue weighted by Crippen LogP contribution is 2.18. The Kier molecular flexibility index (Phi) is 2.82. The molecule has 0 fully saturated rings. The molecule has 3 aromatic rings. The maximum atomic E-state index is 11.6. The number of H-pyrrole nitrogens is 1. The summed E-state index contributed by atoms with van der Waals surface area (Å²) >= 11 is 0. The van der Waals surface area contributed by atoms with Crippen LogP contribution in [0.15, 0.2) is 47.5 Å². The minimum atomic E-state index is -0.405. The molecule has 1 N–H and O–H groups in total. The predicted molar refractivity (Wildman–Crippen MR) is 69.9 cm³/mol. The molecular formula is C13H8N6O. The third-order valence-corrected chi connectivity index (χ3v) is 2.80. The molecule has 20 heavy (non-hydrogen) atoms. The third kappa shape index (κ3) is 2.06. The first-order valence-corrected chi connectivity index (χ1v) is 5.75. The zero-order chi connectivity index (χ0) is 13.9. The van der Waals surface area contributed by atoms with Crippen LogP contribution in [0.25, 0.3) is 16.9 Å². The molecule has 1 aromatic carbocycles. The number of nitrogens with one attached hydrogen (secondary N) is 1. The van der Waals surface area contributed by atoms with Gasteiger partial charge >= 0.3 is 0 Å². The van der Waals surface area contributed by atoms with E-state index in [0.29, 0.717) is 5.69 Å². The molecule has 3 rings (SSSR count). The monoisotopic (exact) mass is 264 g/mol. The number of rotatable bonds is 2. The minimum absolute atomic E-state index is 0.0883. The standard InChI is InChI=1S/C13H8N6O/c14-7-10-4-5-12(16-13(10)20)9-2-1-3-11(6-9)19-8-15-17-18-19/h1-6,8H,(H,16,20). The van der Waals surface area contributed by atoms with Gasteiger partial charge in [-0.05, 0) is 34.7 Å². The lowest BCUT2D eigenvalue weighted by Gasteiger charge is -2.04. The Balaban J connectivity index is 2.07. The highest BCUT2D eigenvalue weighted by Gasteiger charge is 2.04. The molecule has 0 aliphatic heterocycles. The maximum absolute atomic E-state index is 11.6. The van der Waals surface area contributed by atoms with Gasteiger partial charge in [0.15, 0.2) is 0 Å². The van der Waals surface area contributed by atoms with Gasteiger partial charge in [-0.25, -0.2) is 4.68 Å². The minimum Gasteiger partial charge on any atom is -0.321 e. The number of hydrogen-bond donors (Lipinski definition) is 1. The molecule has 7 heteroatoms. The number of nitriles is 1. The van der Waals surface area contributed by atoms with E-state index in [1.807, 2.05) is 30.3 Å². The molecule has 0 bridgehead atoms. The number of benzene rings is 1. The summed E-state index contributed by atoms with van der Waals surface area (Å²) in [6.07, 6.45) is 1.49. The van der Waals surface area contributed by atoms with Crippen LogP contribution in [-0.4, -0.2) is 25.2 Å². The lowest BCUT2D eigenvalue weighted by molar-refractivity contribution is 0.789. The van der Waals surface area contributed by atoms with Gasteiger partial charge in [0.25, 0.3) is 5.56 Å². The molecule has 0 aliphatic carbocycles. The molecule has 0 spiro atoms. The van der Waals surface area contributed by atoms with Gasteiger partial charge in [0, 0.05) is 11.3 Å². The molecule has 0 aliphatic rings. The number of nitrogens with zero attached hydrogens (tertiary/aromatic N) is 5. The third-order valence-electron chi connectivity index (χ3n) is 2.80. The summed E-state index contributed by atoms with van der Waals surface area (Å²) in [4.78, 5) is 14.3. The molecular weight excluding hydrogens is 256 g/mol. The maximum Gasteiger partial charge on any atom is 0.266 e. The normalized spacial score (nSPS) is 10.2. The highest BCUT2D eigenvalue weighted by molar-refractivity contribution is 5.62. The molecule has 0 amide bonds. The smallest absolute Gasteiger partial charge is 0.266 e. The second kappa shape index (κ2) is 4.78. The van der Waals surface area contributed by atoms with Crippen molar-refractivity contribution in [2.24, 2.45) is 0 Å². The second-order valence-corrected chi connectivity index (χ2v) is 4.03. The van der Waals surface area contributed by atoms with Gasteiger partial charge in [-0.1, -0.05) is 12.1 Å². The van der Waals surface area contributed by atoms with Gasteiger partial charge in [0.2, 0.25) is 0 Å². The fourth-order valence-electron chi connectivity index (χ4n) is 1.83. The first-order chi connectivity index (χ1) is 9.78. The van der Waals surface area contributed by atoms with Gasteiger partial charge in [-0.15, -0.1) is 5.10 Å². The zero-order valence-electron chi connectivity index (χ0n) is 10.2. The molecule has 2 heterocycles. The number of pyridine rings is 1. The molecule has 0 saturated carbocycles. The summed E-state index contributed by atoms with van der Waals surface area (Å²) in [6.45, 7) is 0. The lowest BCUT2D eigenvalue weighted by atomic mass is 10.1. The second-order valence-electron chi connectivity index (χ2n) is 4.03. The molecule has 0 radical (unpaired) electrons. The number of hydrogen-bond acceptors (Lipinski definition) is 5. The Hall–Kier alpha value is -3.27. The summed E-state index contributed by atoms with van der Waals surface area (Å²) < 4.78 is 1.52. The average molecular weight is 264 g/mol. The summed E-state index contributed by atoms with van der Waals surface area (Å²) in [5, 5.41) is 19.7. The van der Waals surface area contributed by atoms with Crippen LogP contribution in [0.5, 0.6) is 0 Å². The molecule has 0 saturated heterocycles. The van der Waals surface area contributed by atoms with Crippen molar-refractivity contribution in [2.75, 3.05) is 0 Å². The van der Waals surface area contributed by atoms with Gasteiger partial charge in [0.05, 0.1) is 5.69 Å². The topological polar surface area (TPSA) is 100 Å². The molecule has 7 nitrogen and oxygen atoms in total. The fourth-order valence-corrected chi connectivity index (χ4v) is 1.83. The quantitative estimate of drug-likeness (QED) is 0.740. The van der Waals surface area contributed by atoms with E-state index in [1.165, 1.54) is 17.1 Å². The largest absolute Gasteiger partial charge is 0.321 e. The summed E-state index contributed by atoms with van der Waals surface area (Å²) in [6, 6.07) is 12.4. The van der Waals surface area contributed by atoms with E-state index < -0.39 is 5.56 Å². The molecule has 96 valence electrons. The van der Waals surface area contributed by atoms with Crippen LogP contribution < -0.4 is 5.56 Å². The SMILES string of the molecule is N#Cc1ccc(-c2cccc(-n3cnnn3)c2)[nH]c1=O. The summed E-state index contributed by atoms with van der Waals surface area (Å²) in [5.41, 5.74) is 1.89. The van der Waals surface area contributed by atoms with E-state index in [9.17, 15) is 4.79 Å². The van der Waals surface area contributed by atoms with Crippen molar-refractivity contribution in [3.8, 4) is 23.0 Å². The first kappa shape index (κ1) is 11.8. The Morgan fingerprint density at radius 1 is 1.25 bits per heavy atom. The van der Waals surface area contributed by atoms with E-state index in [-0.39, 0.29) is 5.56 Å². The van der Waals surface area contributed by atoms with E-state index in [2.05, 4.69) is 20.5 Å². The van der Waals surface area contributed by atoms with Crippen molar-refractivity contribution in [3.63, 3.8) is 0 Å². The van der Waals surface area contributed by atoms with Gasteiger partial charge in [0.1, 0.15) is 18.0 Å². The Morgan fingerprint density at radius 2 is 2.15 bits per heavy atom. The van der Waals surface area contributed by atoms with Crippen molar-refractivity contribution in [1.29, 1.82) is 5.26 Å². The Labute approximate surface area is 113 Å². The predicted octanol–water partition coefficient (Wildman–Crippen LogP) is 0.889. The molecule has 0 unspecified atom stereocenters. The number of tetrazole rings is 1. The van der Waals surface area contributed by atoms with E-state index >= 15 is 0 Å². The number of aromatic nitrogens is 5. The van der Waals surface area contributed by atoms with Gasteiger partial charge in [-0.2, -0.15) is 5.26 Å². The van der Waals surface area contributed by atoms with Crippen LogP contribution in [0, 0.1) is 11.3 Å². The van der Waals surface area contributed by atoms with Gasteiger partial charge < -0.3 is 4.98 Å². The van der Waals surface area contributed by atoms with E-state index in [1.54, 1.807) is 6.07 Å². The first-order valence-electron chi connectivity index (χ1n) is 5.75.